The van der Waals surface area contributed by atoms with Crippen molar-refractivity contribution in [3.63, 3.8) is 0 Å². The van der Waals surface area contributed by atoms with Crippen LogP contribution in [0.4, 0.5) is 0 Å². The van der Waals surface area contributed by atoms with E-state index in [-0.39, 0.29) is 29.3 Å². The number of unbranched alkanes of at least 4 members (excludes halogenated alkanes) is 1. The van der Waals surface area contributed by atoms with E-state index in [0.29, 0.717) is 30.8 Å². The van der Waals surface area contributed by atoms with Gasteiger partial charge in [-0.2, -0.15) is 4.31 Å². The van der Waals surface area contributed by atoms with Gasteiger partial charge in [0.1, 0.15) is 0 Å². The lowest BCUT2D eigenvalue weighted by Gasteiger charge is -2.26. The van der Waals surface area contributed by atoms with Crippen molar-refractivity contribution < 1.29 is 13.2 Å². The Labute approximate surface area is 169 Å². The summed E-state index contributed by atoms with van der Waals surface area (Å²) in [6.07, 6.45) is 5.68. The van der Waals surface area contributed by atoms with Crippen molar-refractivity contribution in [1.82, 2.24) is 9.62 Å². The van der Waals surface area contributed by atoms with Crippen LogP contribution in [0.25, 0.3) is 0 Å². The molecule has 6 nitrogen and oxygen atoms in total. The average Bonchev–Trinajstić information content (AvgIpc) is 2.65. The van der Waals surface area contributed by atoms with Gasteiger partial charge in [0.2, 0.25) is 10.0 Å². The minimum absolute atomic E-state index is 0. The van der Waals surface area contributed by atoms with E-state index in [1.807, 2.05) is 0 Å². The summed E-state index contributed by atoms with van der Waals surface area (Å²) < 4.78 is 27.5. The average molecular weight is 418 g/mol. The van der Waals surface area contributed by atoms with Crippen LogP contribution in [0.15, 0.2) is 23.1 Å². The van der Waals surface area contributed by atoms with Gasteiger partial charge in [0.05, 0.1) is 4.90 Å². The number of carbonyl (C=O) groups is 1. The van der Waals surface area contributed by atoms with Crippen molar-refractivity contribution in [2.24, 2.45) is 5.73 Å². The number of piperidine rings is 1. The molecule has 0 bridgehead atoms. The summed E-state index contributed by atoms with van der Waals surface area (Å²) in [4.78, 5) is 12.8. The minimum atomic E-state index is -3.57. The Morgan fingerprint density at radius 1 is 1.26 bits per heavy atom. The predicted molar refractivity (Wildman–Crippen MR) is 111 cm³/mol. The topological polar surface area (TPSA) is 92.5 Å². The standard InChI is InChI=1S/C19H31N3O3S.ClH/c1-3-4-8-17(14-20)21-19(23)16-10-9-15(2)18(13-16)26(24,25)22-11-6-5-7-12-22;/h9-10,13,17H,3-8,11-12,14,20H2,1-2H3,(H,21,23);1H. The molecule has 8 heteroatoms. The fourth-order valence-electron chi connectivity index (χ4n) is 3.23. The third-order valence-corrected chi connectivity index (χ3v) is 6.95. The maximum absolute atomic E-state index is 13.0. The maximum Gasteiger partial charge on any atom is 0.251 e. The van der Waals surface area contributed by atoms with Gasteiger partial charge in [0.15, 0.2) is 0 Å². The molecule has 0 saturated carbocycles. The number of rotatable bonds is 8. The molecule has 0 spiro atoms. The number of nitrogens with zero attached hydrogens (tertiary/aromatic N) is 1. The van der Waals surface area contributed by atoms with E-state index >= 15 is 0 Å². The zero-order chi connectivity index (χ0) is 19.2. The van der Waals surface area contributed by atoms with E-state index in [0.717, 1.165) is 38.5 Å². The summed E-state index contributed by atoms with van der Waals surface area (Å²) in [5.41, 5.74) is 6.77. The van der Waals surface area contributed by atoms with E-state index < -0.39 is 10.0 Å². The van der Waals surface area contributed by atoms with Crippen molar-refractivity contribution in [2.75, 3.05) is 19.6 Å². The second-order valence-electron chi connectivity index (χ2n) is 6.99. The third-order valence-electron chi connectivity index (χ3n) is 4.91. The van der Waals surface area contributed by atoms with Crippen LogP contribution in [-0.2, 0) is 10.0 Å². The molecule has 1 fully saturated rings. The normalized spacial score (nSPS) is 16.4. The molecule has 2 rings (SSSR count). The van der Waals surface area contributed by atoms with Crippen LogP contribution in [0.2, 0.25) is 0 Å². The van der Waals surface area contributed by atoms with Crippen LogP contribution in [0, 0.1) is 6.92 Å². The monoisotopic (exact) mass is 417 g/mol. The molecule has 27 heavy (non-hydrogen) atoms. The highest BCUT2D eigenvalue weighted by Crippen LogP contribution is 2.24. The van der Waals surface area contributed by atoms with E-state index in [9.17, 15) is 13.2 Å². The van der Waals surface area contributed by atoms with Gasteiger partial charge in [0.25, 0.3) is 5.91 Å². The molecule has 1 atom stereocenters. The zero-order valence-corrected chi connectivity index (χ0v) is 17.9. The summed E-state index contributed by atoms with van der Waals surface area (Å²) in [6, 6.07) is 4.79. The summed E-state index contributed by atoms with van der Waals surface area (Å²) >= 11 is 0. The van der Waals surface area contributed by atoms with Crippen molar-refractivity contribution in [3.05, 3.63) is 29.3 Å². The minimum Gasteiger partial charge on any atom is -0.348 e. The highest BCUT2D eigenvalue weighted by molar-refractivity contribution is 7.89. The number of halogens is 1. The van der Waals surface area contributed by atoms with E-state index in [1.165, 1.54) is 10.4 Å². The number of amides is 1. The second-order valence-corrected chi connectivity index (χ2v) is 8.90. The molecule has 0 aromatic heterocycles. The fourth-order valence-corrected chi connectivity index (χ4v) is 5.00. The van der Waals surface area contributed by atoms with Gasteiger partial charge in [-0.15, -0.1) is 12.4 Å². The molecule has 1 aliphatic heterocycles. The number of benzene rings is 1. The van der Waals surface area contributed by atoms with Crippen LogP contribution in [0.5, 0.6) is 0 Å². The molecule has 154 valence electrons. The van der Waals surface area contributed by atoms with Crippen LogP contribution < -0.4 is 11.1 Å². The molecule has 1 aliphatic rings. The number of aryl methyl sites for hydroxylation is 1. The number of nitrogens with two attached hydrogens (primary N) is 1. The number of carbonyl (C=O) groups excluding carboxylic acids is 1. The fraction of sp³-hybridized carbons (Fsp3) is 0.632. The Morgan fingerprint density at radius 3 is 2.52 bits per heavy atom. The first-order valence-electron chi connectivity index (χ1n) is 9.52. The number of sulfonamides is 1. The van der Waals surface area contributed by atoms with Crippen LogP contribution in [0.3, 0.4) is 0 Å². The lowest BCUT2D eigenvalue weighted by molar-refractivity contribution is 0.0935. The third kappa shape index (κ3) is 6.17. The largest absolute Gasteiger partial charge is 0.348 e. The Bertz CT molecular complexity index is 719. The van der Waals surface area contributed by atoms with Crippen molar-refractivity contribution in [2.45, 2.75) is 63.3 Å². The maximum atomic E-state index is 13.0. The van der Waals surface area contributed by atoms with E-state index in [1.54, 1.807) is 19.1 Å². The SMILES string of the molecule is CCCCC(CN)NC(=O)c1ccc(C)c(S(=O)(=O)N2CCCCC2)c1.Cl. The number of hydrogen-bond donors (Lipinski definition) is 2. The molecule has 1 heterocycles. The molecule has 0 radical (unpaired) electrons. The molecule has 1 aromatic rings. The summed E-state index contributed by atoms with van der Waals surface area (Å²) in [7, 11) is -3.57. The first-order chi connectivity index (χ1) is 12.4. The summed E-state index contributed by atoms with van der Waals surface area (Å²) in [5.74, 6) is -0.272. The quantitative estimate of drug-likeness (QED) is 0.680. The van der Waals surface area contributed by atoms with Gasteiger partial charge in [-0.25, -0.2) is 8.42 Å². The Morgan fingerprint density at radius 2 is 1.93 bits per heavy atom. The molecule has 1 saturated heterocycles. The van der Waals surface area contributed by atoms with Gasteiger partial charge < -0.3 is 11.1 Å². The van der Waals surface area contributed by atoms with Crippen LogP contribution in [0.1, 0.15) is 61.4 Å². The van der Waals surface area contributed by atoms with Gasteiger partial charge in [0, 0.05) is 31.2 Å². The molecule has 1 unspecified atom stereocenters. The van der Waals surface area contributed by atoms with Crippen LogP contribution >= 0.6 is 12.4 Å². The number of hydrogen-bond acceptors (Lipinski definition) is 4. The van der Waals surface area contributed by atoms with Gasteiger partial charge in [-0.05, 0) is 43.9 Å². The second kappa shape index (κ2) is 11.0. The Kier molecular flexibility index (Phi) is 9.73. The number of nitrogens with one attached hydrogen (secondary N) is 1. The summed E-state index contributed by atoms with van der Waals surface area (Å²) in [6.45, 7) is 5.32. The highest BCUT2D eigenvalue weighted by atomic mass is 35.5. The van der Waals surface area contributed by atoms with Crippen molar-refractivity contribution in [1.29, 1.82) is 0 Å². The molecule has 3 N–H and O–H groups in total. The lowest BCUT2D eigenvalue weighted by Crippen LogP contribution is -2.40. The smallest absolute Gasteiger partial charge is 0.251 e. The van der Waals surface area contributed by atoms with E-state index in [4.69, 9.17) is 5.73 Å². The zero-order valence-electron chi connectivity index (χ0n) is 16.2. The molecular formula is C19H32ClN3O3S. The predicted octanol–water partition coefficient (Wildman–Crippen LogP) is 2.84. The lowest BCUT2D eigenvalue weighted by atomic mass is 10.1. The Hall–Kier alpha value is -1.15. The first-order valence-corrected chi connectivity index (χ1v) is 11.0. The van der Waals surface area contributed by atoms with Gasteiger partial charge in [-0.1, -0.05) is 32.3 Å². The molecular weight excluding hydrogens is 386 g/mol. The van der Waals surface area contributed by atoms with Crippen molar-refractivity contribution >= 4 is 28.3 Å². The van der Waals surface area contributed by atoms with E-state index in [2.05, 4.69) is 12.2 Å². The molecule has 1 aromatic carbocycles. The first kappa shape index (κ1) is 23.9. The van der Waals surface area contributed by atoms with Gasteiger partial charge in [-0.3, -0.25) is 4.79 Å². The molecule has 1 amide bonds. The molecule has 0 aliphatic carbocycles. The van der Waals surface area contributed by atoms with Crippen molar-refractivity contribution in [3.8, 4) is 0 Å². The summed E-state index contributed by atoms with van der Waals surface area (Å²) in [5, 5.41) is 2.92. The Balaban J connectivity index is 0.00000364. The highest BCUT2D eigenvalue weighted by Gasteiger charge is 2.28. The van der Waals surface area contributed by atoms with Gasteiger partial charge >= 0.3 is 0 Å². The van der Waals surface area contributed by atoms with Crippen LogP contribution in [-0.4, -0.2) is 44.3 Å².